The maximum absolute atomic E-state index is 12.8. The van der Waals surface area contributed by atoms with E-state index in [2.05, 4.69) is 40.5 Å². The van der Waals surface area contributed by atoms with Crippen molar-refractivity contribution < 1.29 is 9.59 Å². The number of ketones is 1. The topological polar surface area (TPSA) is 49.4 Å². The highest BCUT2D eigenvalue weighted by Crippen LogP contribution is 2.28. The number of carbonyl (C=O) groups excluding carboxylic acids is 2. The average molecular weight is 377 g/mol. The van der Waals surface area contributed by atoms with Crippen LogP contribution < -0.4 is 5.32 Å². The summed E-state index contributed by atoms with van der Waals surface area (Å²) >= 11 is 0. The molecule has 0 bridgehead atoms. The SMILES string of the molecule is O=C1CCc2cccc(C(=O)CCN3CCC(Cc4ccccc4)CC3)c2N1. The molecule has 0 aromatic heterocycles. The predicted molar refractivity (Wildman–Crippen MR) is 112 cm³/mol. The summed E-state index contributed by atoms with van der Waals surface area (Å²) in [5.41, 5.74) is 3.91. The highest BCUT2D eigenvalue weighted by molar-refractivity contribution is 6.06. The molecule has 4 rings (SSSR count). The molecule has 1 N–H and O–H groups in total. The number of aryl methyl sites for hydroxylation is 1. The number of hydrogen-bond acceptors (Lipinski definition) is 3. The van der Waals surface area contributed by atoms with Gasteiger partial charge in [0.1, 0.15) is 0 Å². The Bertz CT molecular complexity index is 839. The molecule has 2 aromatic rings. The molecule has 0 aliphatic carbocycles. The van der Waals surface area contributed by atoms with Crippen molar-refractivity contribution in [2.24, 2.45) is 5.92 Å². The monoisotopic (exact) mass is 376 g/mol. The largest absolute Gasteiger partial charge is 0.325 e. The minimum atomic E-state index is 0.00763. The van der Waals surface area contributed by atoms with Crippen molar-refractivity contribution in [2.75, 3.05) is 25.0 Å². The van der Waals surface area contributed by atoms with Crippen molar-refractivity contribution in [1.29, 1.82) is 0 Å². The van der Waals surface area contributed by atoms with Gasteiger partial charge in [-0.2, -0.15) is 0 Å². The smallest absolute Gasteiger partial charge is 0.224 e. The Labute approximate surface area is 166 Å². The van der Waals surface area contributed by atoms with E-state index < -0.39 is 0 Å². The number of carbonyl (C=O) groups is 2. The Morgan fingerprint density at radius 1 is 1.00 bits per heavy atom. The molecule has 1 amide bonds. The quantitative estimate of drug-likeness (QED) is 0.772. The normalized spacial score (nSPS) is 17.8. The molecule has 0 atom stereocenters. The van der Waals surface area contributed by atoms with Gasteiger partial charge < -0.3 is 10.2 Å². The lowest BCUT2D eigenvalue weighted by molar-refractivity contribution is -0.116. The van der Waals surface area contributed by atoms with Crippen LogP contribution in [0.3, 0.4) is 0 Å². The van der Waals surface area contributed by atoms with Crippen LogP contribution in [0.1, 0.15) is 47.2 Å². The number of amides is 1. The van der Waals surface area contributed by atoms with E-state index in [0.29, 0.717) is 18.4 Å². The first-order chi connectivity index (χ1) is 13.7. The van der Waals surface area contributed by atoms with Gasteiger partial charge >= 0.3 is 0 Å². The van der Waals surface area contributed by atoms with Gasteiger partial charge in [-0.3, -0.25) is 9.59 Å². The van der Waals surface area contributed by atoms with Crippen LogP contribution in [0, 0.1) is 5.92 Å². The lowest BCUT2D eigenvalue weighted by atomic mass is 9.90. The standard InChI is InChI=1S/C24H28N2O2/c27-22(21-8-4-7-20-9-10-23(28)25-24(20)21)13-16-26-14-11-19(12-15-26)17-18-5-2-1-3-6-18/h1-8,19H,9-17H2,(H,25,28). The summed E-state index contributed by atoms with van der Waals surface area (Å²) in [5, 5.41) is 2.90. The summed E-state index contributed by atoms with van der Waals surface area (Å²) in [6.45, 7) is 2.93. The predicted octanol–water partition coefficient (Wildman–Crippen LogP) is 4.10. The number of hydrogen-bond donors (Lipinski definition) is 1. The summed E-state index contributed by atoms with van der Waals surface area (Å²) in [4.78, 5) is 26.9. The van der Waals surface area contributed by atoms with E-state index in [1.54, 1.807) is 0 Å². The van der Waals surface area contributed by atoms with Crippen molar-refractivity contribution >= 4 is 17.4 Å². The van der Waals surface area contributed by atoms with E-state index in [1.807, 2.05) is 18.2 Å². The second-order valence-electron chi connectivity index (χ2n) is 8.04. The molecular formula is C24H28N2O2. The fourth-order valence-electron chi connectivity index (χ4n) is 4.39. The lowest BCUT2D eigenvalue weighted by Gasteiger charge is -2.32. The van der Waals surface area contributed by atoms with Crippen molar-refractivity contribution in [1.82, 2.24) is 4.90 Å². The van der Waals surface area contributed by atoms with Crippen LogP contribution in [-0.2, 0) is 17.6 Å². The Morgan fingerprint density at radius 2 is 1.79 bits per heavy atom. The molecule has 146 valence electrons. The number of benzene rings is 2. The first-order valence-corrected chi connectivity index (χ1v) is 10.4. The van der Waals surface area contributed by atoms with E-state index in [9.17, 15) is 9.59 Å². The Balaban J connectivity index is 1.28. The number of para-hydroxylation sites is 1. The fourth-order valence-corrected chi connectivity index (χ4v) is 4.39. The molecule has 2 aliphatic rings. The summed E-state index contributed by atoms with van der Waals surface area (Å²) in [5.74, 6) is 0.879. The number of fused-ring (bicyclic) bond motifs is 1. The third-order valence-corrected chi connectivity index (χ3v) is 6.07. The zero-order valence-electron chi connectivity index (χ0n) is 16.3. The lowest BCUT2D eigenvalue weighted by Crippen LogP contribution is -2.35. The summed E-state index contributed by atoms with van der Waals surface area (Å²) < 4.78 is 0. The van der Waals surface area contributed by atoms with Crippen LogP contribution in [0.15, 0.2) is 48.5 Å². The molecule has 4 heteroatoms. The maximum Gasteiger partial charge on any atom is 0.224 e. The van der Waals surface area contributed by atoms with Crippen molar-refractivity contribution in [3.05, 3.63) is 65.2 Å². The van der Waals surface area contributed by atoms with Gasteiger partial charge in [0.25, 0.3) is 0 Å². The number of Topliss-reactive ketones (excluding diaryl/α,β-unsaturated/α-hetero) is 1. The molecule has 4 nitrogen and oxygen atoms in total. The summed E-state index contributed by atoms with van der Waals surface area (Å²) in [6.07, 6.45) is 5.28. The Morgan fingerprint density at radius 3 is 2.57 bits per heavy atom. The second-order valence-corrected chi connectivity index (χ2v) is 8.04. The molecule has 0 radical (unpaired) electrons. The van der Waals surface area contributed by atoms with Crippen LogP contribution in [-0.4, -0.2) is 36.2 Å². The van der Waals surface area contributed by atoms with Crippen LogP contribution in [0.2, 0.25) is 0 Å². The number of nitrogens with one attached hydrogen (secondary N) is 1. The van der Waals surface area contributed by atoms with E-state index in [-0.39, 0.29) is 11.7 Å². The van der Waals surface area contributed by atoms with Gasteiger partial charge in [-0.25, -0.2) is 0 Å². The van der Waals surface area contributed by atoms with Crippen LogP contribution >= 0.6 is 0 Å². The van der Waals surface area contributed by atoms with E-state index in [4.69, 9.17) is 0 Å². The minimum absolute atomic E-state index is 0.00763. The van der Waals surface area contributed by atoms with Crippen molar-refractivity contribution in [3.8, 4) is 0 Å². The van der Waals surface area contributed by atoms with E-state index >= 15 is 0 Å². The third-order valence-electron chi connectivity index (χ3n) is 6.07. The summed E-state index contributed by atoms with van der Waals surface area (Å²) in [6, 6.07) is 16.5. The molecule has 1 saturated heterocycles. The molecule has 28 heavy (non-hydrogen) atoms. The zero-order valence-corrected chi connectivity index (χ0v) is 16.3. The van der Waals surface area contributed by atoms with Gasteiger partial charge in [0.15, 0.2) is 5.78 Å². The van der Waals surface area contributed by atoms with Crippen molar-refractivity contribution in [2.45, 2.75) is 38.5 Å². The number of anilines is 1. The van der Waals surface area contributed by atoms with Crippen LogP contribution in [0.5, 0.6) is 0 Å². The van der Waals surface area contributed by atoms with Gasteiger partial charge in [0, 0.05) is 24.9 Å². The fraction of sp³-hybridized carbons (Fsp3) is 0.417. The number of rotatable bonds is 6. The Kier molecular flexibility index (Phi) is 5.87. The number of piperidine rings is 1. The molecule has 1 fully saturated rings. The van der Waals surface area contributed by atoms with Gasteiger partial charge in [0.05, 0.1) is 5.69 Å². The molecular weight excluding hydrogens is 348 g/mol. The van der Waals surface area contributed by atoms with Gasteiger partial charge in [-0.05, 0) is 61.9 Å². The van der Waals surface area contributed by atoms with E-state index in [0.717, 1.165) is 49.6 Å². The second kappa shape index (κ2) is 8.70. The first-order valence-electron chi connectivity index (χ1n) is 10.4. The minimum Gasteiger partial charge on any atom is -0.325 e. The molecule has 2 aliphatic heterocycles. The van der Waals surface area contributed by atoms with Gasteiger partial charge in [-0.15, -0.1) is 0 Å². The van der Waals surface area contributed by atoms with E-state index in [1.165, 1.54) is 18.4 Å². The third kappa shape index (κ3) is 4.50. The van der Waals surface area contributed by atoms with Crippen LogP contribution in [0.25, 0.3) is 0 Å². The Hall–Kier alpha value is -2.46. The number of nitrogens with zero attached hydrogens (tertiary/aromatic N) is 1. The van der Waals surface area contributed by atoms with Crippen LogP contribution in [0.4, 0.5) is 5.69 Å². The molecule has 0 spiro atoms. The first kappa shape index (κ1) is 18.9. The highest BCUT2D eigenvalue weighted by Gasteiger charge is 2.23. The van der Waals surface area contributed by atoms with Gasteiger partial charge in [0.2, 0.25) is 5.91 Å². The maximum atomic E-state index is 12.8. The summed E-state index contributed by atoms with van der Waals surface area (Å²) in [7, 11) is 0. The molecule has 0 saturated carbocycles. The average Bonchev–Trinajstić information content (AvgIpc) is 2.73. The van der Waals surface area contributed by atoms with Gasteiger partial charge in [-0.1, -0.05) is 42.5 Å². The molecule has 2 heterocycles. The molecule has 2 aromatic carbocycles. The number of likely N-dealkylation sites (tertiary alicyclic amines) is 1. The van der Waals surface area contributed by atoms with Crippen molar-refractivity contribution in [3.63, 3.8) is 0 Å². The molecule has 0 unspecified atom stereocenters. The zero-order chi connectivity index (χ0) is 19.3. The highest BCUT2D eigenvalue weighted by atomic mass is 16.1.